The zero-order valence-electron chi connectivity index (χ0n) is 6.26. The van der Waals surface area contributed by atoms with Gasteiger partial charge in [-0.1, -0.05) is 0 Å². The highest BCUT2D eigenvalue weighted by Gasteiger charge is 2.11. The minimum Gasteiger partial charge on any atom is -0.313 e. The largest absolute Gasteiger partial charge is 0.313 e. The van der Waals surface area contributed by atoms with Crippen LogP contribution in [0.1, 0.15) is 20.8 Å². The molecule has 0 saturated heterocycles. The summed E-state index contributed by atoms with van der Waals surface area (Å²) in [4.78, 5) is 0. The fourth-order valence-electron chi connectivity index (χ4n) is 0.864. The van der Waals surface area contributed by atoms with Gasteiger partial charge in [0.15, 0.2) is 0 Å². The van der Waals surface area contributed by atoms with E-state index in [1.54, 1.807) is 0 Å². The summed E-state index contributed by atoms with van der Waals surface area (Å²) in [6.45, 7) is 6.46. The van der Waals surface area contributed by atoms with E-state index in [-0.39, 0.29) is 0 Å². The maximum atomic E-state index is 3.28. The Morgan fingerprint density at radius 2 is 2.22 bits per heavy atom. The van der Waals surface area contributed by atoms with E-state index in [4.69, 9.17) is 0 Å². The second-order valence-corrected chi connectivity index (χ2v) is 2.76. The Labute approximate surface area is 56.5 Å². The molecular weight excluding hydrogens is 112 g/mol. The molecule has 0 bridgehead atoms. The monoisotopic (exact) mass is 126 g/mol. The van der Waals surface area contributed by atoms with Crippen LogP contribution in [0.4, 0.5) is 0 Å². The van der Waals surface area contributed by atoms with Gasteiger partial charge in [-0.3, -0.25) is 0 Å². The van der Waals surface area contributed by atoms with Crippen molar-refractivity contribution in [1.82, 2.24) is 10.4 Å². The van der Waals surface area contributed by atoms with Gasteiger partial charge >= 0.3 is 0 Å². The molecule has 1 N–H and O–H groups in total. The van der Waals surface area contributed by atoms with Crippen LogP contribution < -0.4 is 5.43 Å². The van der Waals surface area contributed by atoms with Crippen LogP contribution in [0, 0.1) is 0 Å². The predicted octanol–water partition coefficient (Wildman–Crippen LogP) is 1.12. The van der Waals surface area contributed by atoms with Gasteiger partial charge in [0, 0.05) is 18.3 Å². The highest BCUT2D eigenvalue weighted by atomic mass is 15.5. The van der Waals surface area contributed by atoms with Gasteiger partial charge in [-0.05, 0) is 26.8 Å². The van der Waals surface area contributed by atoms with Crippen molar-refractivity contribution in [3.63, 3.8) is 0 Å². The van der Waals surface area contributed by atoms with E-state index in [1.165, 1.54) is 0 Å². The Morgan fingerprint density at radius 1 is 1.56 bits per heavy atom. The second-order valence-electron chi connectivity index (χ2n) is 2.76. The third kappa shape index (κ3) is 1.45. The van der Waals surface area contributed by atoms with Crippen molar-refractivity contribution in [2.24, 2.45) is 0 Å². The molecule has 9 heavy (non-hydrogen) atoms. The number of hydrogen-bond donors (Lipinski definition) is 1. The van der Waals surface area contributed by atoms with Crippen LogP contribution in [0.25, 0.3) is 0 Å². The summed E-state index contributed by atoms with van der Waals surface area (Å²) in [5.41, 5.74) is 3.28. The molecule has 0 aromatic carbocycles. The summed E-state index contributed by atoms with van der Waals surface area (Å²) < 4.78 is 0. The molecule has 2 nitrogen and oxygen atoms in total. The molecule has 0 fully saturated rings. The lowest BCUT2D eigenvalue weighted by atomic mass is 10.4. The van der Waals surface area contributed by atoms with Gasteiger partial charge in [-0.15, -0.1) is 0 Å². The van der Waals surface area contributed by atoms with Crippen molar-refractivity contribution >= 4 is 0 Å². The average Bonchev–Trinajstić information content (AvgIpc) is 2.14. The van der Waals surface area contributed by atoms with E-state index in [2.05, 4.69) is 43.5 Å². The fraction of sp³-hybridized carbons (Fsp3) is 0.714. The van der Waals surface area contributed by atoms with E-state index in [0.29, 0.717) is 12.1 Å². The maximum Gasteiger partial charge on any atom is 0.0431 e. The van der Waals surface area contributed by atoms with Gasteiger partial charge in [0.2, 0.25) is 0 Å². The Balaban J connectivity index is 2.41. The Morgan fingerprint density at radius 3 is 2.44 bits per heavy atom. The molecule has 0 saturated carbocycles. The highest BCUT2D eigenvalue weighted by molar-refractivity contribution is 4.97. The molecule has 0 amide bonds. The smallest absolute Gasteiger partial charge is 0.0431 e. The lowest BCUT2D eigenvalue weighted by Crippen LogP contribution is -2.38. The number of nitrogens with one attached hydrogen (secondary N) is 1. The SMILES string of the molecule is CC1C=CN(C(C)C)N1. The third-order valence-corrected chi connectivity index (χ3v) is 1.44. The van der Waals surface area contributed by atoms with Crippen LogP contribution in [-0.4, -0.2) is 17.1 Å². The number of hydrogen-bond acceptors (Lipinski definition) is 2. The minimum absolute atomic E-state index is 0.507. The first-order valence-corrected chi connectivity index (χ1v) is 3.43. The summed E-state index contributed by atoms with van der Waals surface area (Å²) >= 11 is 0. The van der Waals surface area contributed by atoms with Crippen LogP contribution in [0.15, 0.2) is 12.3 Å². The quantitative estimate of drug-likeness (QED) is 0.566. The molecular formula is C7H14N2. The Kier molecular flexibility index (Phi) is 1.76. The summed E-state index contributed by atoms with van der Waals surface area (Å²) in [5.74, 6) is 0. The highest BCUT2D eigenvalue weighted by Crippen LogP contribution is 2.03. The first-order valence-electron chi connectivity index (χ1n) is 3.43. The third-order valence-electron chi connectivity index (χ3n) is 1.44. The van der Waals surface area contributed by atoms with Gasteiger partial charge in [0.1, 0.15) is 0 Å². The van der Waals surface area contributed by atoms with Crippen LogP contribution >= 0.6 is 0 Å². The molecule has 1 unspecified atom stereocenters. The Bertz CT molecular complexity index is 118. The van der Waals surface area contributed by atoms with E-state index in [0.717, 1.165) is 0 Å². The zero-order valence-corrected chi connectivity index (χ0v) is 6.26. The Hall–Kier alpha value is -0.500. The number of nitrogens with zero attached hydrogens (tertiary/aromatic N) is 1. The number of rotatable bonds is 1. The van der Waals surface area contributed by atoms with Crippen LogP contribution in [0.5, 0.6) is 0 Å². The van der Waals surface area contributed by atoms with E-state index >= 15 is 0 Å². The molecule has 1 aliphatic rings. The van der Waals surface area contributed by atoms with Crippen LogP contribution in [-0.2, 0) is 0 Å². The van der Waals surface area contributed by atoms with Gasteiger partial charge < -0.3 is 5.01 Å². The lowest BCUT2D eigenvalue weighted by molar-refractivity contribution is 0.229. The summed E-state index contributed by atoms with van der Waals surface area (Å²) in [6, 6.07) is 1.07. The maximum absolute atomic E-state index is 3.28. The van der Waals surface area contributed by atoms with Gasteiger partial charge in [-0.25, -0.2) is 5.43 Å². The van der Waals surface area contributed by atoms with Gasteiger partial charge in [0.25, 0.3) is 0 Å². The summed E-state index contributed by atoms with van der Waals surface area (Å²) in [6.07, 6.45) is 4.25. The summed E-state index contributed by atoms with van der Waals surface area (Å²) in [7, 11) is 0. The first-order chi connectivity index (χ1) is 4.20. The molecule has 1 aliphatic heterocycles. The molecule has 1 rings (SSSR count). The topological polar surface area (TPSA) is 15.3 Å². The molecule has 0 aromatic rings. The first kappa shape index (κ1) is 6.62. The van der Waals surface area contributed by atoms with E-state index in [1.807, 2.05) is 0 Å². The van der Waals surface area contributed by atoms with E-state index < -0.39 is 0 Å². The molecule has 52 valence electrons. The molecule has 1 heterocycles. The van der Waals surface area contributed by atoms with Crippen molar-refractivity contribution in [2.45, 2.75) is 32.9 Å². The second kappa shape index (κ2) is 2.40. The van der Waals surface area contributed by atoms with Crippen molar-refractivity contribution in [1.29, 1.82) is 0 Å². The van der Waals surface area contributed by atoms with Gasteiger partial charge in [0.05, 0.1) is 0 Å². The van der Waals surface area contributed by atoms with Crippen molar-refractivity contribution in [3.8, 4) is 0 Å². The predicted molar refractivity (Wildman–Crippen MR) is 38.7 cm³/mol. The molecule has 0 aromatic heterocycles. The lowest BCUT2D eigenvalue weighted by Gasteiger charge is -2.21. The zero-order chi connectivity index (χ0) is 6.85. The summed E-state index contributed by atoms with van der Waals surface area (Å²) in [5, 5.41) is 2.12. The minimum atomic E-state index is 0.507. The van der Waals surface area contributed by atoms with Crippen molar-refractivity contribution in [2.75, 3.05) is 0 Å². The van der Waals surface area contributed by atoms with Crippen LogP contribution in [0.2, 0.25) is 0 Å². The van der Waals surface area contributed by atoms with Gasteiger partial charge in [-0.2, -0.15) is 0 Å². The van der Waals surface area contributed by atoms with E-state index in [9.17, 15) is 0 Å². The van der Waals surface area contributed by atoms with Crippen molar-refractivity contribution in [3.05, 3.63) is 12.3 Å². The average molecular weight is 126 g/mol. The fourth-order valence-corrected chi connectivity index (χ4v) is 0.864. The normalized spacial score (nSPS) is 26.2. The molecule has 0 aliphatic carbocycles. The van der Waals surface area contributed by atoms with Crippen LogP contribution in [0.3, 0.4) is 0 Å². The molecule has 0 spiro atoms. The van der Waals surface area contributed by atoms with Crippen molar-refractivity contribution < 1.29 is 0 Å². The standard InChI is InChI=1S/C7H14N2/c1-6(2)9-5-4-7(3)8-9/h4-8H,1-3H3. The number of hydrazine groups is 1. The molecule has 2 heteroatoms. The molecule has 1 atom stereocenters. The molecule has 0 radical (unpaired) electrons.